The maximum Gasteiger partial charge on any atom is 0.322 e. The van der Waals surface area contributed by atoms with E-state index >= 15 is 0 Å². The molecule has 0 aromatic carbocycles. The van der Waals surface area contributed by atoms with Gasteiger partial charge in [-0.2, -0.15) is 0 Å². The lowest BCUT2D eigenvalue weighted by atomic mass is 10.3. The molecule has 0 bridgehead atoms. The minimum Gasteiger partial charge on any atom is -0.341 e. The standard InChI is InChI=1S/C7H11N3O/c1-9-7(11)10-5-3-2-4-6(10)8/h2-6H,8H2,1H3,(H,9,11)/t6-/m0/s1. The molecule has 0 spiro atoms. The lowest BCUT2D eigenvalue weighted by Gasteiger charge is -2.24. The molecule has 1 heterocycles. The van der Waals surface area contributed by atoms with Gasteiger partial charge in [0.15, 0.2) is 0 Å². The summed E-state index contributed by atoms with van der Waals surface area (Å²) in [5.41, 5.74) is 5.58. The minimum absolute atomic E-state index is 0.196. The lowest BCUT2D eigenvalue weighted by molar-refractivity contribution is 0.210. The zero-order chi connectivity index (χ0) is 8.27. The average molecular weight is 153 g/mol. The molecule has 1 aliphatic heterocycles. The van der Waals surface area contributed by atoms with Crippen LogP contribution >= 0.6 is 0 Å². The Bertz CT molecular complexity index is 210. The SMILES string of the molecule is CNC(=O)N1C=CC=C[C@H]1N. The number of allylic oxidation sites excluding steroid dienone is 2. The first-order valence-electron chi connectivity index (χ1n) is 3.36. The van der Waals surface area contributed by atoms with Crippen LogP contribution in [0.2, 0.25) is 0 Å². The summed E-state index contributed by atoms with van der Waals surface area (Å²) in [5, 5.41) is 2.49. The van der Waals surface area contributed by atoms with Crippen molar-refractivity contribution in [3.05, 3.63) is 24.4 Å². The Labute approximate surface area is 65.4 Å². The van der Waals surface area contributed by atoms with Gasteiger partial charge in [-0.05, 0) is 12.2 Å². The Balaban J connectivity index is 2.65. The predicted octanol–water partition coefficient (Wildman–Crippen LogP) is -0.00390. The van der Waals surface area contributed by atoms with Crippen molar-refractivity contribution in [3.8, 4) is 0 Å². The molecule has 0 aromatic heterocycles. The first-order chi connectivity index (χ1) is 5.25. The van der Waals surface area contributed by atoms with Gasteiger partial charge in [0, 0.05) is 13.2 Å². The van der Waals surface area contributed by atoms with Crippen LogP contribution in [-0.2, 0) is 0 Å². The monoisotopic (exact) mass is 153 g/mol. The second-order valence-electron chi connectivity index (χ2n) is 2.18. The molecule has 3 N–H and O–H groups in total. The summed E-state index contributed by atoms with van der Waals surface area (Å²) >= 11 is 0. The van der Waals surface area contributed by atoms with E-state index in [1.807, 2.05) is 6.08 Å². The van der Waals surface area contributed by atoms with Crippen LogP contribution in [0.15, 0.2) is 24.4 Å². The largest absolute Gasteiger partial charge is 0.341 e. The van der Waals surface area contributed by atoms with Crippen molar-refractivity contribution in [3.63, 3.8) is 0 Å². The molecule has 0 radical (unpaired) electrons. The van der Waals surface area contributed by atoms with E-state index in [0.717, 1.165) is 0 Å². The molecule has 0 unspecified atom stereocenters. The van der Waals surface area contributed by atoms with Crippen LogP contribution in [0.4, 0.5) is 4.79 Å². The Hall–Kier alpha value is -1.29. The van der Waals surface area contributed by atoms with Gasteiger partial charge in [0.05, 0.1) is 0 Å². The van der Waals surface area contributed by atoms with E-state index < -0.39 is 0 Å². The van der Waals surface area contributed by atoms with Crippen molar-refractivity contribution in [2.45, 2.75) is 6.17 Å². The maximum absolute atomic E-state index is 11.0. The van der Waals surface area contributed by atoms with Gasteiger partial charge in [0.1, 0.15) is 6.17 Å². The van der Waals surface area contributed by atoms with Crippen LogP contribution in [0, 0.1) is 0 Å². The molecule has 1 aliphatic rings. The molecule has 4 nitrogen and oxygen atoms in total. The van der Waals surface area contributed by atoms with Crippen molar-refractivity contribution in [1.29, 1.82) is 0 Å². The molecule has 11 heavy (non-hydrogen) atoms. The summed E-state index contributed by atoms with van der Waals surface area (Å²) in [6, 6.07) is -0.196. The Morgan fingerprint density at radius 1 is 1.64 bits per heavy atom. The molecule has 0 aliphatic carbocycles. The van der Waals surface area contributed by atoms with Gasteiger partial charge in [0.2, 0.25) is 0 Å². The molecule has 0 aromatic rings. The van der Waals surface area contributed by atoms with Crippen molar-refractivity contribution < 1.29 is 4.79 Å². The Kier molecular flexibility index (Phi) is 2.28. The number of carbonyl (C=O) groups excluding carboxylic acids is 1. The van der Waals surface area contributed by atoms with Gasteiger partial charge >= 0.3 is 6.03 Å². The summed E-state index contributed by atoms with van der Waals surface area (Å²) in [5.74, 6) is 0. The van der Waals surface area contributed by atoms with E-state index in [2.05, 4.69) is 5.32 Å². The van der Waals surface area contributed by atoms with Gasteiger partial charge < -0.3 is 11.1 Å². The van der Waals surface area contributed by atoms with Crippen molar-refractivity contribution in [2.75, 3.05) is 7.05 Å². The number of carbonyl (C=O) groups is 1. The lowest BCUT2D eigenvalue weighted by Crippen LogP contribution is -2.45. The van der Waals surface area contributed by atoms with E-state index in [1.54, 1.807) is 25.4 Å². The third-order valence-corrected chi connectivity index (χ3v) is 1.44. The van der Waals surface area contributed by atoms with Crippen LogP contribution in [0.5, 0.6) is 0 Å². The number of nitrogens with two attached hydrogens (primary N) is 1. The smallest absolute Gasteiger partial charge is 0.322 e. The van der Waals surface area contributed by atoms with Crippen molar-refractivity contribution in [2.24, 2.45) is 5.73 Å². The van der Waals surface area contributed by atoms with Crippen LogP contribution in [0.1, 0.15) is 0 Å². The summed E-state index contributed by atoms with van der Waals surface area (Å²) in [6.45, 7) is 0. The summed E-state index contributed by atoms with van der Waals surface area (Å²) in [7, 11) is 1.57. The quantitative estimate of drug-likeness (QED) is 0.514. The number of amides is 2. The Morgan fingerprint density at radius 2 is 2.36 bits per heavy atom. The van der Waals surface area contributed by atoms with Gasteiger partial charge in [-0.15, -0.1) is 0 Å². The van der Waals surface area contributed by atoms with E-state index in [1.165, 1.54) is 4.90 Å². The van der Waals surface area contributed by atoms with Crippen LogP contribution < -0.4 is 11.1 Å². The highest BCUT2D eigenvalue weighted by Gasteiger charge is 2.15. The third-order valence-electron chi connectivity index (χ3n) is 1.44. The minimum atomic E-state index is -0.347. The zero-order valence-electron chi connectivity index (χ0n) is 6.32. The molecule has 0 fully saturated rings. The molecular formula is C7H11N3O. The molecule has 60 valence electrons. The molecule has 0 saturated heterocycles. The van der Waals surface area contributed by atoms with Crippen molar-refractivity contribution >= 4 is 6.03 Å². The third kappa shape index (κ3) is 1.59. The topological polar surface area (TPSA) is 58.4 Å². The van der Waals surface area contributed by atoms with Gasteiger partial charge in [-0.1, -0.05) is 6.08 Å². The van der Waals surface area contributed by atoms with Crippen molar-refractivity contribution in [1.82, 2.24) is 10.2 Å². The highest BCUT2D eigenvalue weighted by molar-refractivity contribution is 5.75. The molecule has 1 atom stereocenters. The fraction of sp³-hybridized carbons (Fsp3) is 0.286. The predicted molar refractivity (Wildman–Crippen MR) is 42.6 cm³/mol. The number of rotatable bonds is 0. The second kappa shape index (κ2) is 3.21. The van der Waals surface area contributed by atoms with E-state index in [9.17, 15) is 4.79 Å². The zero-order valence-corrected chi connectivity index (χ0v) is 6.32. The Morgan fingerprint density at radius 3 is 2.91 bits per heavy atom. The van der Waals surface area contributed by atoms with Gasteiger partial charge in [-0.3, -0.25) is 4.90 Å². The number of urea groups is 1. The fourth-order valence-corrected chi connectivity index (χ4v) is 0.845. The molecule has 2 amide bonds. The van der Waals surface area contributed by atoms with E-state index in [4.69, 9.17) is 5.73 Å². The molecule has 0 saturated carbocycles. The summed E-state index contributed by atoms with van der Waals surface area (Å²) in [4.78, 5) is 12.4. The van der Waals surface area contributed by atoms with E-state index in [0.29, 0.717) is 0 Å². The maximum atomic E-state index is 11.0. The van der Waals surface area contributed by atoms with Crippen LogP contribution in [-0.4, -0.2) is 24.1 Å². The number of nitrogens with one attached hydrogen (secondary N) is 1. The molecular weight excluding hydrogens is 142 g/mol. The molecule has 4 heteroatoms. The highest BCUT2D eigenvalue weighted by atomic mass is 16.2. The van der Waals surface area contributed by atoms with Gasteiger partial charge in [-0.25, -0.2) is 4.79 Å². The second-order valence-corrected chi connectivity index (χ2v) is 2.18. The van der Waals surface area contributed by atoms with Gasteiger partial charge in [0.25, 0.3) is 0 Å². The van der Waals surface area contributed by atoms with E-state index in [-0.39, 0.29) is 12.2 Å². The first kappa shape index (κ1) is 7.81. The van der Waals surface area contributed by atoms with Crippen LogP contribution in [0.25, 0.3) is 0 Å². The number of hydrogen-bond acceptors (Lipinski definition) is 2. The highest BCUT2D eigenvalue weighted by Crippen LogP contribution is 2.02. The first-order valence-corrected chi connectivity index (χ1v) is 3.36. The number of hydrogen-bond donors (Lipinski definition) is 2. The van der Waals surface area contributed by atoms with Crippen LogP contribution in [0.3, 0.4) is 0 Å². The summed E-state index contributed by atoms with van der Waals surface area (Å²) in [6.07, 6.45) is 6.61. The normalized spacial score (nSPS) is 22.0. The fourth-order valence-electron chi connectivity index (χ4n) is 0.845. The number of nitrogens with zero attached hydrogens (tertiary/aromatic N) is 1. The summed E-state index contributed by atoms with van der Waals surface area (Å²) < 4.78 is 0. The average Bonchev–Trinajstić information content (AvgIpc) is 2.04. The molecule has 1 rings (SSSR count).